The van der Waals surface area contributed by atoms with Gasteiger partial charge in [-0.1, -0.05) is 6.07 Å². The molecule has 14 heteroatoms. The van der Waals surface area contributed by atoms with E-state index < -0.39 is 80.6 Å². The highest BCUT2D eigenvalue weighted by Gasteiger charge is 2.58. The van der Waals surface area contributed by atoms with E-state index in [4.69, 9.17) is 23.7 Å². The first kappa shape index (κ1) is 28.2. The molecule has 202 valence electrons. The molecular weight excluding hydrogens is 488 g/mol. The molecule has 2 aliphatic heterocycles. The standard InChI is InChI=1S/C22H30O14/c1-32-12-6-10(2-4-11(12)25)3-5-15(26)33-8-14-17(28)20(31)22(9-24,35-14)36-21-19(30)18(29)16(27)13(7-23)34-21/h2-6,13-14,16-21,23-25,27-31H,7-9H2,1H3/t13-,14+,16+,17+,18+,19+,20-,21-,22+/m0/s1. The zero-order chi connectivity index (χ0) is 26.6. The maximum absolute atomic E-state index is 12.1. The SMILES string of the molecule is COc1cc(C=CC(=O)OC[C@H]2O[C@](CO)(O[C@@H]3O[C@@H](CO)[C@@H](O)[C@@H](O)[C@H]3O)[C@@H](O)[C@@H]2O)ccc1O. The summed E-state index contributed by atoms with van der Waals surface area (Å²) in [6, 6.07) is 4.37. The molecule has 2 fully saturated rings. The number of esters is 1. The maximum Gasteiger partial charge on any atom is 0.330 e. The maximum atomic E-state index is 12.1. The van der Waals surface area contributed by atoms with Crippen LogP contribution in [0.1, 0.15) is 5.56 Å². The van der Waals surface area contributed by atoms with Crippen LogP contribution in [-0.4, -0.2) is 129 Å². The summed E-state index contributed by atoms with van der Waals surface area (Å²) in [5.74, 6) is -3.09. The number of aliphatic hydroxyl groups is 7. The summed E-state index contributed by atoms with van der Waals surface area (Å²) in [7, 11) is 1.37. The topological polar surface area (TPSA) is 225 Å². The Balaban J connectivity index is 1.63. The monoisotopic (exact) mass is 518 g/mol. The molecule has 3 rings (SSSR count). The van der Waals surface area contributed by atoms with E-state index in [1.807, 2.05) is 0 Å². The minimum Gasteiger partial charge on any atom is -0.504 e. The molecule has 8 N–H and O–H groups in total. The molecule has 0 bridgehead atoms. The van der Waals surface area contributed by atoms with Crippen molar-refractivity contribution in [3.8, 4) is 11.5 Å². The number of phenolic OH excluding ortho intramolecular Hbond substituents is 1. The number of ether oxygens (including phenoxy) is 5. The summed E-state index contributed by atoms with van der Waals surface area (Å²) >= 11 is 0. The minimum absolute atomic E-state index is 0.0820. The van der Waals surface area contributed by atoms with Crippen molar-refractivity contribution in [2.45, 2.75) is 54.8 Å². The molecule has 0 saturated carbocycles. The lowest BCUT2D eigenvalue weighted by Crippen LogP contribution is -2.62. The Bertz CT molecular complexity index is 922. The number of rotatable bonds is 9. The first-order chi connectivity index (χ1) is 17.1. The van der Waals surface area contributed by atoms with Gasteiger partial charge in [0.2, 0.25) is 5.79 Å². The minimum atomic E-state index is -2.36. The number of carbonyl (C=O) groups is 1. The van der Waals surface area contributed by atoms with E-state index in [2.05, 4.69) is 0 Å². The van der Waals surface area contributed by atoms with Crippen LogP contribution in [-0.2, 0) is 23.7 Å². The van der Waals surface area contributed by atoms with E-state index in [0.29, 0.717) is 5.56 Å². The number of hydrogen-bond acceptors (Lipinski definition) is 14. The zero-order valence-electron chi connectivity index (χ0n) is 19.2. The van der Waals surface area contributed by atoms with E-state index in [-0.39, 0.29) is 11.5 Å². The molecule has 0 aromatic heterocycles. The van der Waals surface area contributed by atoms with Crippen LogP contribution in [0, 0.1) is 0 Å². The Morgan fingerprint density at radius 2 is 1.78 bits per heavy atom. The summed E-state index contributed by atoms with van der Waals surface area (Å²) in [4.78, 5) is 12.1. The van der Waals surface area contributed by atoms with Crippen LogP contribution in [0.15, 0.2) is 24.3 Å². The third kappa shape index (κ3) is 5.78. The van der Waals surface area contributed by atoms with Crippen molar-refractivity contribution in [2.24, 2.45) is 0 Å². The van der Waals surface area contributed by atoms with Gasteiger partial charge >= 0.3 is 5.97 Å². The second-order valence-corrected chi connectivity index (χ2v) is 8.27. The second-order valence-electron chi connectivity index (χ2n) is 8.27. The van der Waals surface area contributed by atoms with Crippen LogP contribution in [0.5, 0.6) is 11.5 Å². The molecule has 0 aliphatic carbocycles. The van der Waals surface area contributed by atoms with Gasteiger partial charge in [0.25, 0.3) is 0 Å². The fraction of sp³-hybridized carbons (Fsp3) is 0.591. The van der Waals surface area contributed by atoms with E-state index in [0.717, 1.165) is 6.08 Å². The second kappa shape index (κ2) is 11.8. The molecule has 36 heavy (non-hydrogen) atoms. The fourth-order valence-corrected chi connectivity index (χ4v) is 3.79. The lowest BCUT2D eigenvalue weighted by molar-refractivity contribution is -0.383. The molecule has 0 unspecified atom stereocenters. The highest BCUT2D eigenvalue weighted by Crippen LogP contribution is 2.36. The summed E-state index contributed by atoms with van der Waals surface area (Å²) in [5, 5.41) is 79.6. The van der Waals surface area contributed by atoms with Gasteiger partial charge in [-0.15, -0.1) is 0 Å². The van der Waals surface area contributed by atoms with Crippen LogP contribution < -0.4 is 4.74 Å². The summed E-state index contributed by atoms with van der Waals surface area (Å²) in [6.07, 6.45) is -11.0. The highest BCUT2D eigenvalue weighted by atomic mass is 16.8. The predicted octanol–water partition coefficient (Wildman–Crippen LogP) is -3.42. The fourth-order valence-electron chi connectivity index (χ4n) is 3.79. The van der Waals surface area contributed by atoms with Gasteiger partial charge in [-0.05, 0) is 23.8 Å². The average molecular weight is 518 g/mol. The smallest absolute Gasteiger partial charge is 0.330 e. The molecule has 14 nitrogen and oxygen atoms in total. The Morgan fingerprint density at radius 3 is 2.42 bits per heavy atom. The quantitative estimate of drug-likeness (QED) is 0.118. The number of carbonyl (C=O) groups excluding carboxylic acids is 1. The van der Waals surface area contributed by atoms with Crippen molar-refractivity contribution in [1.82, 2.24) is 0 Å². The largest absolute Gasteiger partial charge is 0.504 e. The van der Waals surface area contributed by atoms with E-state index in [1.165, 1.54) is 31.4 Å². The van der Waals surface area contributed by atoms with Crippen LogP contribution in [0.4, 0.5) is 0 Å². The summed E-state index contributed by atoms with van der Waals surface area (Å²) < 4.78 is 26.0. The van der Waals surface area contributed by atoms with Crippen molar-refractivity contribution in [1.29, 1.82) is 0 Å². The molecule has 1 aromatic rings. The van der Waals surface area contributed by atoms with Crippen molar-refractivity contribution in [3.63, 3.8) is 0 Å². The molecule has 2 saturated heterocycles. The van der Waals surface area contributed by atoms with Crippen molar-refractivity contribution >= 4 is 12.0 Å². The molecule has 2 aliphatic rings. The zero-order valence-corrected chi connectivity index (χ0v) is 19.2. The van der Waals surface area contributed by atoms with E-state index in [9.17, 15) is 45.6 Å². The number of hydrogen-bond donors (Lipinski definition) is 8. The Kier molecular flexibility index (Phi) is 9.23. The number of aromatic hydroxyl groups is 1. The van der Waals surface area contributed by atoms with E-state index >= 15 is 0 Å². The molecule has 0 radical (unpaired) electrons. The lowest BCUT2D eigenvalue weighted by atomic mass is 9.99. The number of methoxy groups -OCH3 is 1. The third-order valence-electron chi connectivity index (χ3n) is 5.90. The Morgan fingerprint density at radius 1 is 1.06 bits per heavy atom. The van der Waals surface area contributed by atoms with Gasteiger partial charge < -0.3 is 64.5 Å². The van der Waals surface area contributed by atoms with Crippen LogP contribution in [0.25, 0.3) is 6.08 Å². The van der Waals surface area contributed by atoms with Crippen molar-refractivity contribution < 1.29 is 69.3 Å². The summed E-state index contributed by atoms with van der Waals surface area (Å²) in [5.41, 5.74) is 0.515. The number of aliphatic hydroxyl groups excluding tert-OH is 7. The summed E-state index contributed by atoms with van der Waals surface area (Å²) in [6.45, 7) is -2.36. The normalized spacial score (nSPS) is 36.8. The molecular formula is C22H30O14. The lowest BCUT2D eigenvalue weighted by Gasteiger charge is -2.43. The molecule has 0 amide bonds. The van der Waals surface area contributed by atoms with Gasteiger partial charge in [0.15, 0.2) is 17.8 Å². The van der Waals surface area contributed by atoms with Crippen LogP contribution >= 0.6 is 0 Å². The average Bonchev–Trinajstić information content (AvgIpc) is 3.12. The molecule has 1 aromatic carbocycles. The van der Waals surface area contributed by atoms with Gasteiger partial charge in [0.1, 0.15) is 55.9 Å². The van der Waals surface area contributed by atoms with Crippen LogP contribution in [0.3, 0.4) is 0 Å². The van der Waals surface area contributed by atoms with Gasteiger partial charge in [0.05, 0.1) is 13.7 Å². The Labute approximate surface area is 205 Å². The van der Waals surface area contributed by atoms with Crippen molar-refractivity contribution in [3.05, 3.63) is 29.8 Å². The first-order valence-corrected chi connectivity index (χ1v) is 10.9. The van der Waals surface area contributed by atoms with Gasteiger partial charge in [0, 0.05) is 6.08 Å². The predicted molar refractivity (Wildman–Crippen MR) is 116 cm³/mol. The van der Waals surface area contributed by atoms with E-state index in [1.54, 1.807) is 0 Å². The number of benzene rings is 1. The Hall–Kier alpha value is -2.37. The van der Waals surface area contributed by atoms with Gasteiger partial charge in [-0.25, -0.2) is 4.79 Å². The number of phenols is 1. The van der Waals surface area contributed by atoms with Gasteiger partial charge in [-0.2, -0.15) is 0 Å². The molecule has 0 spiro atoms. The third-order valence-corrected chi connectivity index (χ3v) is 5.90. The highest BCUT2D eigenvalue weighted by molar-refractivity contribution is 5.87. The molecule has 9 atom stereocenters. The first-order valence-electron chi connectivity index (χ1n) is 10.9. The van der Waals surface area contributed by atoms with Crippen LogP contribution in [0.2, 0.25) is 0 Å². The van der Waals surface area contributed by atoms with Crippen molar-refractivity contribution in [2.75, 3.05) is 26.9 Å². The molecule has 2 heterocycles. The van der Waals surface area contributed by atoms with Gasteiger partial charge in [-0.3, -0.25) is 0 Å².